The number of amides is 1. The summed E-state index contributed by atoms with van der Waals surface area (Å²) in [4.78, 5) is 19.2. The lowest BCUT2D eigenvalue weighted by molar-refractivity contribution is -0.121. The second-order valence-electron chi connectivity index (χ2n) is 7.75. The van der Waals surface area contributed by atoms with Crippen molar-refractivity contribution in [2.75, 3.05) is 24.6 Å². The van der Waals surface area contributed by atoms with Gasteiger partial charge in [0.1, 0.15) is 11.3 Å². The first kappa shape index (κ1) is 20.3. The van der Waals surface area contributed by atoms with Gasteiger partial charge in [0.25, 0.3) is 6.01 Å². The number of hydrogen-bond donors (Lipinski definition) is 1. The van der Waals surface area contributed by atoms with Gasteiger partial charge in [0, 0.05) is 19.5 Å². The first-order chi connectivity index (χ1) is 14.7. The molecule has 1 aromatic heterocycles. The lowest BCUT2D eigenvalue weighted by atomic mass is 10.1. The lowest BCUT2D eigenvalue weighted by Crippen LogP contribution is -2.40. The highest BCUT2D eigenvalue weighted by Crippen LogP contribution is 2.28. The normalized spacial score (nSPS) is 16.2. The molecule has 6 heteroatoms. The Kier molecular flexibility index (Phi) is 6.52. The monoisotopic (exact) mass is 407 g/mol. The smallest absolute Gasteiger partial charge is 0.298 e. The quantitative estimate of drug-likeness (QED) is 0.572. The highest BCUT2D eigenvalue weighted by Gasteiger charge is 2.28. The molecule has 0 aliphatic carbocycles. The molecule has 0 unspecified atom stereocenters. The van der Waals surface area contributed by atoms with E-state index in [1.54, 1.807) is 0 Å². The average molecular weight is 408 g/mol. The summed E-state index contributed by atoms with van der Waals surface area (Å²) in [6.07, 6.45) is 4.29. The van der Waals surface area contributed by atoms with E-state index >= 15 is 0 Å². The van der Waals surface area contributed by atoms with E-state index in [1.165, 1.54) is 0 Å². The molecular formula is C24H29N3O3. The fraction of sp³-hybridized carbons (Fsp3) is 0.417. The van der Waals surface area contributed by atoms with Crippen molar-refractivity contribution < 1.29 is 13.9 Å². The molecule has 0 radical (unpaired) electrons. The number of oxazole rings is 1. The van der Waals surface area contributed by atoms with Gasteiger partial charge < -0.3 is 19.4 Å². The molecule has 1 N–H and O–H groups in total. The molecule has 158 valence electrons. The minimum atomic E-state index is 0.0747. The van der Waals surface area contributed by atoms with E-state index in [-0.39, 0.29) is 11.9 Å². The molecule has 1 atom stereocenters. The Labute approximate surface area is 177 Å². The van der Waals surface area contributed by atoms with Crippen LogP contribution in [0.5, 0.6) is 5.75 Å². The molecule has 2 aromatic carbocycles. The molecule has 30 heavy (non-hydrogen) atoms. The number of ether oxygens (including phenoxy) is 1. The van der Waals surface area contributed by atoms with Crippen LogP contribution in [-0.4, -0.2) is 36.6 Å². The van der Waals surface area contributed by atoms with Crippen molar-refractivity contribution in [3.63, 3.8) is 0 Å². The van der Waals surface area contributed by atoms with Crippen LogP contribution in [0, 0.1) is 0 Å². The number of benzene rings is 2. The van der Waals surface area contributed by atoms with Gasteiger partial charge in [-0.15, -0.1) is 0 Å². The molecule has 4 rings (SSSR count). The third kappa shape index (κ3) is 4.93. The number of carbonyl (C=O) groups is 1. The Morgan fingerprint density at radius 3 is 2.87 bits per heavy atom. The Morgan fingerprint density at radius 2 is 2.07 bits per heavy atom. The predicted octanol–water partition coefficient (Wildman–Crippen LogP) is 4.33. The number of rotatable bonds is 9. The summed E-state index contributed by atoms with van der Waals surface area (Å²) < 4.78 is 11.5. The summed E-state index contributed by atoms with van der Waals surface area (Å²) in [7, 11) is 0. The Hall–Kier alpha value is -3.02. The van der Waals surface area contributed by atoms with E-state index in [2.05, 4.69) is 22.1 Å². The maximum Gasteiger partial charge on any atom is 0.298 e. The highest BCUT2D eigenvalue weighted by molar-refractivity contribution is 5.76. The molecule has 0 bridgehead atoms. The molecule has 1 amide bonds. The number of nitrogens with zero attached hydrogens (tertiary/aromatic N) is 2. The number of aromatic nitrogens is 1. The Bertz CT molecular complexity index is 934. The van der Waals surface area contributed by atoms with E-state index in [1.807, 2.05) is 48.5 Å². The minimum absolute atomic E-state index is 0.0747. The first-order valence-corrected chi connectivity index (χ1v) is 10.8. The van der Waals surface area contributed by atoms with Crippen molar-refractivity contribution in [1.82, 2.24) is 10.3 Å². The zero-order valence-electron chi connectivity index (χ0n) is 17.5. The zero-order chi connectivity index (χ0) is 20.8. The fourth-order valence-electron chi connectivity index (χ4n) is 3.83. The molecule has 0 saturated carbocycles. The maximum absolute atomic E-state index is 12.4. The molecule has 2 heterocycles. The van der Waals surface area contributed by atoms with Crippen molar-refractivity contribution >= 4 is 23.0 Å². The van der Waals surface area contributed by atoms with Crippen LogP contribution in [0.4, 0.5) is 6.01 Å². The van der Waals surface area contributed by atoms with E-state index in [4.69, 9.17) is 9.15 Å². The van der Waals surface area contributed by atoms with E-state index in [0.717, 1.165) is 61.2 Å². The molecule has 0 spiro atoms. The van der Waals surface area contributed by atoms with Gasteiger partial charge in [-0.2, -0.15) is 4.98 Å². The van der Waals surface area contributed by atoms with Crippen LogP contribution in [0.15, 0.2) is 52.9 Å². The van der Waals surface area contributed by atoms with Crippen molar-refractivity contribution in [1.29, 1.82) is 0 Å². The number of carbonyl (C=O) groups excluding carboxylic acids is 1. The zero-order valence-corrected chi connectivity index (χ0v) is 17.5. The third-order valence-corrected chi connectivity index (χ3v) is 5.48. The first-order valence-electron chi connectivity index (χ1n) is 10.8. The van der Waals surface area contributed by atoms with Crippen molar-refractivity contribution in [3.05, 3.63) is 54.1 Å². The van der Waals surface area contributed by atoms with Crippen LogP contribution < -0.4 is 15.0 Å². The fourth-order valence-corrected chi connectivity index (χ4v) is 3.83. The van der Waals surface area contributed by atoms with Gasteiger partial charge >= 0.3 is 0 Å². The molecule has 1 aliphatic heterocycles. The van der Waals surface area contributed by atoms with Crippen LogP contribution >= 0.6 is 0 Å². The molecule has 3 aromatic rings. The predicted molar refractivity (Wildman–Crippen MR) is 118 cm³/mol. The summed E-state index contributed by atoms with van der Waals surface area (Å²) in [6.45, 7) is 4.33. The van der Waals surface area contributed by atoms with Gasteiger partial charge in [-0.05, 0) is 55.5 Å². The van der Waals surface area contributed by atoms with E-state index < -0.39 is 0 Å². The van der Waals surface area contributed by atoms with Gasteiger partial charge in [-0.3, -0.25) is 4.79 Å². The van der Waals surface area contributed by atoms with Crippen molar-refractivity contribution in [2.45, 2.75) is 45.1 Å². The molecule has 1 fully saturated rings. The van der Waals surface area contributed by atoms with Crippen LogP contribution in [0.3, 0.4) is 0 Å². The standard InChI is InChI=1S/C24H29N3O3/c1-2-16-29-20-12-9-18(10-13-20)11-14-23(28)25-17-19-6-5-15-27(19)24-26-21-7-3-4-8-22(21)30-24/h3-4,7-10,12-13,19H,2,5-6,11,14-17H2,1H3,(H,25,28)/t19-/m0/s1. The minimum Gasteiger partial charge on any atom is -0.494 e. The Balaban J connectivity index is 1.26. The number of anilines is 1. The number of fused-ring (bicyclic) bond motifs is 1. The van der Waals surface area contributed by atoms with Crippen molar-refractivity contribution in [2.24, 2.45) is 0 Å². The topological polar surface area (TPSA) is 67.6 Å². The number of aryl methyl sites for hydroxylation is 1. The van der Waals surface area contributed by atoms with Gasteiger partial charge in [-0.1, -0.05) is 31.2 Å². The summed E-state index contributed by atoms with van der Waals surface area (Å²) >= 11 is 0. The third-order valence-electron chi connectivity index (χ3n) is 5.48. The Morgan fingerprint density at radius 1 is 1.23 bits per heavy atom. The summed E-state index contributed by atoms with van der Waals surface area (Å²) in [5.74, 6) is 0.955. The molecular weight excluding hydrogens is 378 g/mol. The number of para-hydroxylation sites is 2. The second-order valence-corrected chi connectivity index (χ2v) is 7.75. The van der Waals surface area contributed by atoms with E-state index in [0.29, 0.717) is 19.0 Å². The van der Waals surface area contributed by atoms with E-state index in [9.17, 15) is 4.79 Å². The van der Waals surface area contributed by atoms with Crippen LogP contribution in [-0.2, 0) is 11.2 Å². The van der Waals surface area contributed by atoms with Gasteiger partial charge in [0.15, 0.2) is 5.58 Å². The summed E-state index contributed by atoms with van der Waals surface area (Å²) in [5.41, 5.74) is 2.81. The average Bonchev–Trinajstić information content (AvgIpc) is 3.42. The highest BCUT2D eigenvalue weighted by atomic mass is 16.5. The number of nitrogens with one attached hydrogen (secondary N) is 1. The molecule has 1 aliphatic rings. The SMILES string of the molecule is CCCOc1ccc(CCC(=O)NC[C@@H]2CCCN2c2nc3ccccc3o2)cc1. The largest absolute Gasteiger partial charge is 0.494 e. The summed E-state index contributed by atoms with van der Waals surface area (Å²) in [5, 5.41) is 3.09. The summed E-state index contributed by atoms with van der Waals surface area (Å²) in [6, 6.07) is 16.7. The maximum atomic E-state index is 12.4. The van der Waals surface area contributed by atoms with Gasteiger partial charge in [0.2, 0.25) is 5.91 Å². The van der Waals surface area contributed by atoms with Gasteiger partial charge in [0.05, 0.1) is 12.6 Å². The second kappa shape index (κ2) is 9.65. The molecule has 6 nitrogen and oxygen atoms in total. The van der Waals surface area contributed by atoms with Crippen LogP contribution in [0.1, 0.15) is 38.2 Å². The van der Waals surface area contributed by atoms with Crippen LogP contribution in [0.2, 0.25) is 0 Å². The lowest BCUT2D eigenvalue weighted by Gasteiger charge is -2.23. The molecule has 1 saturated heterocycles. The van der Waals surface area contributed by atoms with Crippen LogP contribution in [0.25, 0.3) is 11.1 Å². The van der Waals surface area contributed by atoms with Crippen molar-refractivity contribution in [3.8, 4) is 5.75 Å². The van der Waals surface area contributed by atoms with Gasteiger partial charge in [-0.25, -0.2) is 0 Å². The number of hydrogen-bond acceptors (Lipinski definition) is 5.